The maximum absolute atomic E-state index is 11.6. The smallest absolute Gasteiger partial charge is 0.326 e. The van der Waals surface area contributed by atoms with Crippen molar-refractivity contribution < 1.29 is 19.2 Å². The molecule has 0 radical (unpaired) electrons. The highest BCUT2D eigenvalue weighted by Gasteiger charge is 2.48. The summed E-state index contributed by atoms with van der Waals surface area (Å²) in [6.45, 7) is 6.59. The van der Waals surface area contributed by atoms with E-state index in [1.54, 1.807) is 0 Å². The average molecular weight is 295 g/mol. The van der Waals surface area contributed by atoms with Crippen LogP contribution in [0.3, 0.4) is 0 Å². The largest absolute Gasteiger partial charge is 0.480 e. The molecule has 2 aliphatic rings. The van der Waals surface area contributed by atoms with Crippen molar-refractivity contribution in [3.05, 3.63) is 17.5 Å². The Labute approximate surface area is 123 Å². The van der Waals surface area contributed by atoms with Gasteiger partial charge >= 0.3 is 5.97 Å². The number of hydrogen-bond donors (Lipinski definition) is 1. The van der Waals surface area contributed by atoms with Crippen molar-refractivity contribution in [3.63, 3.8) is 0 Å². The maximum atomic E-state index is 11.6. The van der Waals surface area contributed by atoms with E-state index in [0.717, 1.165) is 44.2 Å². The molecule has 0 aliphatic carbocycles. The van der Waals surface area contributed by atoms with Gasteiger partial charge in [0.05, 0.1) is 18.8 Å². The van der Waals surface area contributed by atoms with Gasteiger partial charge in [-0.05, 0) is 6.92 Å². The summed E-state index contributed by atoms with van der Waals surface area (Å²) < 4.78 is 10.6. The third-order valence-corrected chi connectivity index (χ3v) is 4.43. The molecule has 0 aromatic carbocycles. The van der Waals surface area contributed by atoms with Crippen molar-refractivity contribution in [2.75, 3.05) is 39.4 Å². The zero-order chi connectivity index (χ0) is 14.9. The zero-order valence-corrected chi connectivity index (χ0v) is 12.2. The summed E-state index contributed by atoms with van der Waals surface area (Å²) in [5.74, 6) is 0.0948. The van der Waals surface area contributed by atoms with E-state index >= 15 is 0 Å². The predicted octanol–water partition coefficient (Wildman–Crippen LogP) is 0.344. The van der Waals surface area contributed by atoms with Crippen molar-refractivity contribution in [1.82, 2.24) is 15.0 Å². The summed E-state index contributed by atoms with van der Waals surface area (Å²) in [5, 5.41) is 13.4. The van der Waals surface area contributed by atoms with Crippen LogP contribution in [0.2, 0.25) is 0 Å². The molecule has 2 aliphatic heterocycles. The molecule has 1 aromatic heterocycles. The molecule has 7 heteroatoms. The van der Waals surface area contributed by atoms with Crippen LogP contribution in [0.1, 0.15) is 17.9 Å². The van der Waals surface area contributed by atoms with Crippen molar-refractivity contribution in [3.8, 4) is 0 Å². The second-order valence-electron chi connectivity index (χ2n) is 5.84. The fourth-order valence-corrected chi connectivity index (χ4v) is 3.15. The van der Waals surface area contributed by atoms with Crippen molar-refractivity contribution in [2.24, 2.45) is 0 Å². The van der Waals surface area contributed by atoms with Gasteiger partial charge in [-0.1, -0.05) is 5.16 Å². The Morgan fingerprint density at radius 3 is 2.71 bits per heavy atom. The third kappa shape index (κ3) is 2.81. The van der Waals surface area contributed by atoms with Gasteiger partial charge in [-0.15, -0.1) is 0 Å². The number of aliphatic carboxylic acids is 1. The Balaban J connectivity index is 1.58. The molecule has 3 rings (SSSR count). The van der Waals surface area contributed by atoms with Crippen LogP contribution in [0.5, 0.6) is 0 Å². The van der Waals surface area contributed by atoms with Gasteiger partial charge in [0.2, 0.25) is 0 Å². The van der Waals surface area contributed by atoms with Crippen LogP contribution in [0.4, 0.5) is 0 Å². The molecule has 7 nitrogen and oxygen atoms in total. The van der Waals surface area contributed by atoms with Gasteiger partial charge in [-0.25, -0.2) is 0 Å². The number of ether oxygens (including phenoxy) is 1. The highest BCUT2D eigenvalue weighted by Crippen LogP contribution is 2.28. The number of nitrogens with zero attached hydrogens (tertiary/aromatic N) is 3. The Hall–Kier alpha value is -1.44. The molecule has 1 unspecified atom stereocenters. The Kier molecular flexibility index (Phi) is 3.97. The predicted molar refractivity (Wildman–Crippen MR) is 73.9 cm³/mol. The summed E-state index contributed by atoms with van der Waals surface area (Å²) in [7, 11) is 0. The summed E-state index contributed by atoms with van der Waals surface area (Å²) >= 11 is 0. The monoisotopic (exact) mass is 295 g/mol. The van der Waals surface area contributed by atoms with Gasteiger partial charge in [0.1, 0.15) is 5.54 Å². The molecule has 0 bridgehead atoms. The highest BCUT2D eigenvalue weighted by molar-refractivity contribution is 5.79. The van der Waals surface area contributed by atoms with E-state index in [1.165, 1.54) is 0 Å². The number of hydrogen-bond acceptors (Lipinski definition) is 6. The van der Waals surface area contributed by atoms with Gasteiger partial charge in [0.25, 0.3) is 0 Å². The van der Waals surface area contributed by atoms with Crippen molar-refractivity contribution in [1.29, 1.82) is 0 Å². The maximum Gasteiger partial charge on any atom is 0.326 e. The van der Waals surface area contributed by atoms with E-state index in [1.807, 2.05) is 13.0 Å². The Bertz CT molecular complexity index is 502. The molecular formula is C14H21N3O4. The minimum atomic E-state index is -0.824. The third-order valence-electron chi connectivity index (χ3n) is 4.43. The lowest BCUT2D eigenvalue weighted by atomic mass is 9.95. The topological polar surface area (TPSA) is 79.0 Å². The number of carboxylic acids is 1. The second kappa shape index (κ2) is 5.75. The first-order valence-corrected chi connectivity index (χ1v) is 7.31. The van der Waals surface area contributed by atoms with Crippen LogP contribution < -0.4 is 0 Å². The van der Waals surface area contributed by atoms with E-state index in [2.05, 4.69) is 15.0 Å². The van der Waals surface area contributed by atoms with Crippen molar-refractivity contribution in [2.45, 2.75) is 25.4 Å². The highest BCUT2D eigenvalue weighted by atomic mass is 16.5. The number of rotatable bonds is 4. The van der Waals surface area contributed by atoms with Crippen LogP contribution in [0.15, 0.2) is 10.6 Å². The first-order chi connectivity index (χ1) is 10.1. The fourth-order valence-electron chi connectivity index (χ4n) is 3.15. The average Bonchev–Trinajstić information content (AvgIpc) is 3.10. The SMILES string of the molecule is Cc1cc(CN2CCN(C3(C(=O)O)CCOC3)CC2)on1. The molecule has 3 heterocycles. The quantitative estimate of drug-likeness (QED) is 0.858. The molecule has 21 heavy (non-hydrogen) atoms. The van der Waals surface area contributed by atoms with Crippen LogP contribution in [0.25, 0.3) is 0 Å². The van der Waals surface area contributed by atoms with Crippen molar-refractivity contribution >= 4 is 5.97 Å². The molecule has 116 valence electrons. The molecular weight excluding hydrogens is 274 g/mol. The van der Waals surface area contributed by atoms with Crippen LogP contribution in [-0.4, -0.2) is 71.0 Å². The lowest BCUT2D eigenvalue weighted by Crippen LogP contribution is -2.61. The zero-order valence-electron chi connectivity index (χ0n) is 12.2. The lowest BCUT2D eigenvalue weighted by molar-refractivity contribution is -0.153. The number of aromatic nitrogens is 1. The number of aryl methyl sites for hydroxylation is 1. The number of carboxylic acid groups (broad SMARTS) is 1. The Morgan fingerprint density at radius 1 is 1.43 bits per heavy atom. The molecule has 1 N–H and O–H groups in total. The minimum Gasteiger partial charge on any atom is -0.480 e. The standard InChI is InChI=1S/C14H21N3O4/c1-11-8-12(21-15-11)9-16-3-5-17(6-4-16)14(13(18)19)2-7-20-10-14/h8H,2-7,9-10H2,1H3,(H,18,19). The molecule has 0 spiro atoms. The normalized spacial score (nSPS) is 28.0. The number of carbonyl (C=O) groups is 1. The molecule has 2 saturated heterocycles. The van der Waals surface area contributed by atoms with E-state index in [9.17, 15) is 9.90 Å². The first kappa shape index (κ1) is 14.5. The van der Waals surface area contributed by atoms with Crippen LogP contribution in [0, 0.1) is 6.92 Å². The minimum absolute atomic E-state index is 0.295. The first-order valence-electron chi connectivity index (χ1n) is 7.31. The fraction of sp³-hybridized carbons (Fsp3) is 0.714. The van der Waals surface area contributed by atoms with Gasteiger partial charge in [-0.2, -0.15) is 0 Å². The van der Waals surface area contributed by atoms with Crippen LogP contribution >= 0.6 is 0 Å². The number of piperazine rings is 1. The van der Waals surface area contributed by atoms with E-state index < -0.39 is 11.5 Å². The van der Waals surface area contributed by atoms with E-state index in [4.69, 9.17) is 9.26 Å². The molecule has 0 saturated carbocycles. The summed E-state index contributed by atoms with van der Waals surface area (Å²) in [4.78, 5) is 16.0. The molecule has 2 fully saturated rings. The van der Waals surface area contributed by atoms with Gasteiger partial charge in [0.15, 0.2) is 5.76 Å². The summed E-state index contributed by atoms with van der Waals surface area (Å²) in [6.07, 6.45) is 0.573. The summed E-state index contributed by atoms with van der Waals surface area (Å²) in [6, 6.07) is 1.94. The van der Waals surface area contributed by atoms with Gasteiger partial charge in [-0.3, -0.25) is 14.6 Å². The molecule has 1 aromatic rings. The van der Waals surface area contributed by atoms with E-state index in [-0.39, 0.29) is 0 Å². The van der Waals surface area contributed by atoms with Crippen LogP contribution in [-0.2, 0) is 16.1 Å². The van der Waals surface area contributed by atoms with E-state index in [0.29, 0.717) is 19.6 Å². The second-order valence-corrected chi connectivity index (χ2v) is 5.84. The molecule has 0 amide bonds. The molecule has 1 atom stereocenters. The Morgan fingerprint density at radius 2 is 2.19 bits per heavy atom. The lowest BCUT2D eigenvalue weighted by Gasteiger charge is -2.42. The van der Waals surface area contributed by atoms with Gasteiger partial charge < -0.3 is 14.4 Å². The van der Waals surface area contributed by atoms with Gasteiger partial charge in [0, 0.05) is 45.3 Å². The summed E-state index contributed by atoms with van der Waals surface area (Å²) in [5.41, 5.74) is 0.0612.